The zero-order valence-electron chi connectivity index (χ0n) is 16.0. The van der Waals surface area contributed by atoms with Gasteiger partial charge in [-0.1, -0.05) is 24.8 Å². The van der Waals surface area contributed by atoms with Gasteiger partial charge in [-0.3, -0.25) is 4.79 Å². The smallest absolute Gasteiger partial charge is 0.277 e. The van der Waals surface area contributed by atoms with E-state index in [0.29, 0.717) is 16.9 Å². The number of halogens is 2. The van der Waals surface area contributed by atoms with Gasteiger partial charge in [-0.25, -0.2) is 5.43 Å². The van der Waals surface area contributed by atoms with Crippen LogP contribution in [0.1, 0.15) is 15.7 Å². The predicted molar refractivity (Wildman–Crippen MR) is 143 cm³/mol. The second kappa shape index (κ2) is 12.2. The van der Waals surface area contributed by atoms with Crippen molar-refractivity contribution >= 4 is 80.8 Å². The van der Waals surface area contributed by atoms with Crippen LogP contribution in [0.25, 0.3) is 0 Å². The highest BCUT2D eigenvalue weighted by Crippen LogP contribution is 2.45. The van der Waals surface area contributed by atoms with Crippen LogP contribution in [-0.4, -0.2) is 36.8 Å². The molecule has 0 bridgehead atoms. The molecule has 1 saturated heterocycles. The van der Waals surface area contributed by atoms with E-state index in [-0.39, 0.29) is 12.5 Å². The van der Waals surface area contributed by atoms with E-state index in [0.717, 1.165) is 18.5 Å². The van der Waals surface area contributed by atoms with Crippen LogP contribution < -0.4 is 14.9 Å². The van der Waals surface area contributed by atoms with Crippen LogP contribution in [0.15, 0.2) is 54.2 Å². The van der Waals surface area contributed by atoms with Crippen LogP contribution in [0.2, 0.25) is 0 Å². The summed E-state index contributed by atoms with van der Waals surface area (Å²) >= 11 is 8.36. The van der Waals surface area contributed by atoms with E-state index in [1.807, 2.05) is 47.8 Å². The van der Waals surface area contributed by atoms with Gasteiger partial charge >= 0.3 is 0 Å². The van der Waals surface area contributed by atoms with Crippen LogP contribution in [0.5, 0.6) is 11.5 Å². The number of rotatable bonds is 9. The van der Waals surface area contributed by atoms with Gasteiger partial charge in [-0.15, -0.1) is 23.5 Å². The molecule has 1 heterocycles. The Bertz CT molecular complexity index is 894. The molecule has 2 aromatic rings. The molecule has 0 aliphatic carbocycles. The first-order valence-corrected chi connectivity index (χ1v) is 13.3. The largest absolute Gasteiger partial charge is 0.487 e. The van der Waals surface area contributed by atoms with Crippen molar-refractivity contribution in [2.75, 3.05) is 24.7 Å². The van der Waals surface area contributed by atoms with E-state index in [9.17, 15) is 4.79 Å². The van der Waals surface area contributed by atoms with Crippen molar-refractivity contribution in [3.63, 3.8) is 0 Å². The van der Waals surface area contributed by atoms with Crippen LogP contribution in [0.3, 0.4) is 0 Å². The SMILES string of the molecule is C=CCOc1c(I)cc(/C=N\NC(=O)COc2ccc(C3SCCS3)cc2)cc1I. The monoisotopic (exact) mass is 666 g/mol. The molecule has 158 valence electrons. The van der Waals surface area contributed by atoms with Crippen molar-refractivity contribution in [3.8, 4) is 11.5 Å². The summed E-state index contributed by atoms with van der Waals surface area (Å²) in [7, 11) is 0. The second-order valence-electron chi connectivity index (χ2n) is 6.14. The third-order valence-electron chi connectivity index (χ3n) is 3.91. The number of hydrazone groups is 1. The lowest BCUT2D eigenvalue weighted by Gasteiger charge is -2.10. The number of hydrogen-bond donors (Lipinski definition) is 1. The molecule has 1 amide bonds. The zero-order chi connectivity index (χ0) is 21.3. The van der Waals surface area contributed by atoms with Crippen LogP contribution >= 0.6 is 68.7 Å². The number of amides is 1. The Balaban J connectivity index is 1.47. The topological polar surface area (TPSA) is 59.9 Å². The number of carbonyl (C=O) groups excluding carboxylic acids is 1. The first-order valence-electron chi connectivity index (χ1n) is 9.07. The van der Waals surface area contributed by atoms with Crippen molar-refractivity contribution in [2.24, 2.45) is 5.10 Å². The molecule has 0 radical (unpaired) electrons. The quantitative estimate of drug-likeness (QED) is 0.167. The Morgan fingerprint density at radius 1 is 1.17 bits per heavy atom. The highest BCUT2D eigenvalue weighted by molar-refractivity contribution is 14.1. The van der Waals surface area contributed by atoms with Gasteiger partial charge in [0.05, 0.1) is 17.9 Å². The summed E-state index contributed by atoms with van der Waals surface area (Å²) in [5, 5.41) is 4.02. The second-order valence-corrected chi connectivity index (χ2v) is 11.2. The molecule has 1 aliphatic heterocycles. The fourth-order valence-electron chi connectivity index (χ4n) is 2.57. The lowest BCUT2D eigenvalue weighted by molar-refractivity contribution is -0.123. The Kier molecular flexibility index (Phi) is 9.65. The molecule has 5 nitrogen and oxygen atoms in total. The van der Waals surface area contributed by atoms with Crippen molar-refractivity contribution in [1.82, 2.24) is 5.43 Å². The summed E-state index contributed by atoms with van der Waals surface area (Å²) < 4.78 is 13.7. The van der Waals surface area contributed by atoms with E-state index in [1.54, 1.807) is 12.3 Å². The Morgan fingerprint density at radius 2 is 1.83 bits per heavy atom. The first kappa shape index (κ1) is 23.7. The Labute approximate surface area is 212 Å². The lowest BCUT2D eigenvalue weighted by atomic mass is 10.2. The predicted octanol–water partition coefficient (Wildman–Crippen LogP) is 5.47. The molecule has 1 aliphatic rings. The van der Waals surface area contributed by atoms with Crippen LogP contribution in [0, 0.1) is 7.14 Å². The van der Waals surface area contributed by atoms with Crippen molar-refractivity contribution in [1.29, 1.82) is 0 Å². The number of hydrogen-bond acceptors (Lipinski definition) is 6. The molecular formula is C21H20I2N2O3S2. The summed E-state index contributed by atoms with van der Waals surface area (Å²) in [6.07, 6.45) is 3.31. The number of carbonyl (C=O) groups is 1. The molecule has 30 heavy (non-hydrogen) atoms. The van der Waals surface area contributed by atoms with Gasteiger partial charge in [-0.2, -0.15) is 5.10 Å². The van der Waals surface area contributed by atoms with Gasteiger partial charge in [0.1, 0.15) is 18.1 Å². The van der Waals surface area contributed by atoms with Crippen LogP contribution in [-0.2, 0) is 4.79 Å². The van der Waals surface area contributed by atoms with E-state index in [1.165, 1.54) is 17.1 Å². The van der Waals surface area contributed by atoms with Gasteiger partial charge in [-0.05, 0) is 80.6 Å². The molecule has 0 spiro atoms. The standard InChI is InChI=1S/C21H20I2N2O3S2/c1-2-7-27-20-17(22)10-14(11-18(20)23)12-24-25-19(26)13-28-16-5-3-15(4-6-16)21-29-8-9-30-21/h2-6,10-12,21H,1,7-9,13H2,(H,25,26)/b24-12-. The summed E-state index contributed by atoms with van der Waals surface area (Å²) in [5.41, 5.74) is 4.65. The van der Waals surface area contributed by atoms with Crippen molar-refractivity contribution in [2.45, 2.75) is 4.58 Å². The maximum absolute atomic E-state index is 12.0. The van der Waals surface area contributed by atoms with Crippen molar-refractivity contribution in [3.05, 3.63) is 67.3 Å². The van der Waals surface area contributed by atoms with E-state index in [2.05, 4.69) is 74.4 Å². The first-order chi connectivity index (χ1) is 14.6. The lowest BCUT2D eigenvalue weighted by Crippen LogP contribution is -2.24. The van der Waals surface area contributed by atoms with Gasteiger partial charge < -0.3 is 9.47 Å². The molecule has 9 heteroatoms. The number of thioether (sulfide) groups is 2. The van der Waals surface area contributed by atoms with Crippen molar-refractivity contribution < 1.29 is 14.3 Å². The average Bonchev–Trinajstić information content (AvgIpc) is 3.27. The molecule has 2 aromatic carbocycles. The molecular weight excluding hydrogens is 646 g/mol. The summed E-state index contributed by atoms with van der Waals surface area (Å²) in [5.74, 6) is 3.57. The molecule has 0 atom stereocenters. The molecule has 0 saturated carbocycles. The highest BCUT2D eigenvalue weighted by Gasteiger charge is 2.18. The average molecular weight is 666 g/mol. The summed E-state index contributed by atoms with van der Waals surface area (Å²) in [6, 6.07) is 11.8. The maximum Gasteiger partial charge on any atom is 0.277 e. The molecule has 3 rings (SSSR count). The van der Waals surface area contributed by atoms with E-state index < -0.39 is 0 Å². The molecule has 0 aromatic heterocycles. The molecule has 0 unspecified atom stereocenters. The van der Waals surface area contributed by atoms with Gasteiger partial charge in [0, 0.05) is 11.5 Å². The molecule has 1 fully saturated rings. The minimum Gasteiger partial charge on any atom is -0.487 e. The number of ether oxygens (including phenoxy) is 2. The Hall–Kier alpha value is -0.920. The summed E-state index contributed by atoms with van der Waals surface area (Å²) in [6.45, 7) is 4.03. The molecule has 1 N–H and O–H groups in total. The van der Waals surface area contributed by atoms with Gasteiger partial charge in [0.15, 0.2) is 6.61 Å². The number of nitrogens with zero attached hydrogens (tertiary/aromatic N) is 1. The normalized spacial score (nSPS) is 14.1. The minimum atomic E-state index is -0.312. The maximum atomic E-state index is 12.0. The fourth-order valence-corrected chi connectivity index (χ4v) is 7.55. The number of benzene rings is 2. The van der Waals surface area contributed by atoms with Crippen LogP contribution in [0.4, 0.5) is 0 Å². The van der Waals surface area contributed by atoms with Gasteiger partial charge in [0.2, 0.25) is 0 Å². The number of nitrogens with one attached hydrogen (secondary N) is 1. The van der Waals surface area contributed by atoms with Gasteiger partial charge in [0.25, 0.3) is 5.91 Å². The van der Waals surface area contributed by atoms with E-state index >= 15 is 0 Å². The zero-order valence-corrected chi connectivity index (χ0v) is 21.9. The van der Waals surface area contributed by atoms with E-state index in [4.69, 9.17) is 9.47 Å². The Morgan fingerprint density at radius 3 is 2.47 bits per heavy atom. The highest BCUT2D eigenvalue weighted by atomic mass is 127. The third kappa shape index (κ3) is 7.06. The summed E-state index contributed by atoms with van der Waals surface area (Å²) in [4.78, 5) is 12.0. The third-order valence-corrected chi connectivity index (χ3v) is 8.62. The minimum absolute atomic E-state index is 0.0903. The fraction of sp³-hybridized carbons (Fsp3) is 0.238.